The second-order valence-corrected chi connectivity index (χ2v) is 4.94. The topological polar surface area (TPSA) is 16.1 Å². The molecule has 0 radical (unpaired) electrons. The Kier molecular flexibility index (Phi) is 5.99. The highest BCUT2D eigenvalue weighted by Crippen LogP contribution is 2.23. The Labute approximate surface area is 107 Å². The molecular formula is C12H19ClN2S. The molecule has 1 atom stereocenters. The smallest absolute Gasteiger partial charge is 0.0597 e. The zero-order valence-electron chi connectivity index (χ0n) is 10.1. The van der Waals surface area contributed by atoms with E-state index in [9.17, 15) is 0 Å². The SMILES string of the molecule is CCC(CSC)N(C)c1cnccc1CCl. The van der Waals surface area contributed by atoms with Gasteiger partial charge >= 0.3 is 0 Å². The van der Waals surface area contributed by atoms with Gasteiger partial charge in [0, 0.05) is 30.9 Å². The van der Waals surface area contributed by atoms with Gasteiger partial charge in [0.2, 0.25) is 0 Å². The standard InChI is InChI=1S/C12H19ClN2S/c1-4-11(9-16-3)15(2)12-8-14-6-5-10(12)7-13/h5-6,8,11H,4,7,9H2,1-3H3. The van der Waals surface area contributed by atoms with Crippen LogP contribution in [0, 0.1) is 0 Å². The number of alkyl halides is 1. The molecule has 16 heavy (non-hydrogen) atoms. The molecule has 0 aromatic carbocycles. The maximum atomic E-state index is 5.94. The van der Waals surface area contributed by atoms with Crippen LogP contribution in [-0.4, -0.2) is 30.1 Å². The van der Waals surface area contributed by atoms with Crippen LogP contribution in [-0.2, 0) is 5.88 Å². The van der Waals surface area contributed by atoms with E-state index in [2.05, 4.69) is 30.1 Å². The first-order chi connectivity index (χ1) is 7.74. The zero-order valence-corrected chi connectivity index (χ0v) is 11.7. The maximum Gasteiger partial charge on any atom is 0.0597 e. The quantitative estimate of drug-likeness (QED) is 0.728. The zero-order chi connectivity index (χ0) is 12.0. The first kappa shape index (κ1) is 13.7. The van der Waals surface area contributed by atoms with Crippen molar-refractivity contribution in [1.82, 2.24) is 4.98 Å². The molecule has 0 saturated carbocycles. The Bertz CT molecular complexity index is 320. The third-order valence-electron chi connectivity index (χ3n) is 2.79. The molecule has 90 valence electrons. The molecule has 0 aliphatic rings. The van der Waals surface area contributed by atoms with Gasteiger partial charge in [-0.3, -0.25) is 4.98 Å². The van der Waals surface area contributed by atoms with E-state index in [1.165, 1.54) is 0 Å². The largest absolute Gasteiger partial charge is 0.369 e. The van der Waals surface area contributed by atoms with Crippen LogP contribution in [0.2, 0.25) is 0 Å². The minimum absolute atomic E-state index is 0.540. The predicted octanol–water partition coefficient (Wildman–Crippen LogP) is 3.40. The minimum Gasteiger partial charge on any atom is -0.369 e. The number of aromatic nitrogens is 1. The van der Waals surface area contributed by atoms with Crippen LogP contribution >= 0.6 is 23.4 Å². The summed E-state index contributed by atoms with van der Waals surface area (Å²) < 4.78 is 0. The van der Waals surface area contributed by atoms with Gasteiger partial charge in [0.25, 0.3) is 0 Å². The number of pyridine rings is 1. The average Bonchev–Trinajstić information content (AvgIpc) is 2.35. The van der Waals surface area contributed by atoms with Gasteiger partial charge < -0.3 is 4.90 Å². The second-order valence-electron chi connectivity index (χ2n) is 3.77. The minimum atomic E-state index is 0.540. The lowest BCUT2D eigenvalue weighted by molar-refractivity contribution is 0.670. The number of nitrogens with zero attached hydrogens (tertiary/aromatic N) is 2. The molecule has 0 N–H and O–H groups in total. The fraction of sp³-hybridized carbons (Fsp3) is 0.583. The third kappa shape index (κ3) is 3.29. The van der Waals surface area contributed by atoms with Crippen molar-refractivity contribution in [2.24, 2.45) is 0 Å². The highest BCUT2D eigenvalue weighted by atomic mass is 35.5. The van der Waals surface area contributed by atoms with Gasteiger partial charge in [-0.25, -0.2) is 0 Å². The van der Waals surface area contributed by atoms with Crippen LogP contribution in [0.1, 0.15) is 18.9 Å². The Morgan fingerprint density at radius 3 is 2.88 bits per heavy atom. The molecule has 1 aromatic rings. The van der Waals surface area contributed by atoms with Gasteiger partial charge in [-0.05, 0) is 24.3 Å². The lowest BCUT2D eigenvalue weighted by Crippen LogP contribution is -2.33. The Morgan fingerprint density at radius 1 is 1.56 bits per heavy atom. The van der Waals surface area contributed by atoms with E-state index in [0.29, 0.717) is 11.9 Å². The van der Waals surface area contributed by atoms with Gasteiger partial charge in [0.1, 0.15) is 0 Å². The lowest BCUT2D eigenvalue weighted by Gasteiger charge is -2.30. The fourth-order valence-electron chi connectivity index (χ4n) is 1.74. The predicted molar refractivity (Wildman–Crippen MR) is 74.7 cm³/mol. The molecule has 1 aromatic heterocycles. The van der Waals surface area contributed by atoms with Gasteiger partial charge in [0.05, 0.1) is 11.9 Å². The van der Waals surface area contributed by atoms with Crippen molar-refractivity contribution in [1.29, 1.82) is 0 Å². The highest BCUT2D eigenvalue weighted by Gasteiger charge is 2.15. The van der Waals surface area contributed by atoms with Crippen LogP contribution in [0.5, 0.6) is 0 Å². The summed E-state index contributed by atoms with van der Waals surface area (Å²) in [6, 6.07) is 2.53. The summed E-state index contributed by atoms with van der Waals surface area (Å²) in [7, 11) is 2.12. The first-order valence-corrected chi connectivity index (χ1v) is 7.38. The summed E-state index contributed by atoms with van der Waals surface area (Å²) in [6.45, 7) is 2.22. The molecule has 0 fully saturated rings. The van der Waals surface area contributed by atoms with Crippen molar-refractivity contribution in [2.75, 3.05) is 24.0 Å². The molecule has 1 unspecified atom stereocenters. The number of hydrogen-bond acceptors (Lipinski definition) is 3. The van der Waals surface area contributed by atoms with E-state index in [1.807, 2.05) is 24.0 Å². The van der Waals surface area contributed by atoms with Crippen molar-refractivity contribution in [3.63, 3.8) is 0 Å². The maximum absolute atomic E-state index is 5.94. The number of halogens is 1. The molecule has 0 saturated heterocycles. The fourth-order valence-corrected chi connectivity index (χ4v) is 2.81. The first-order valence-electron chi connectivity index (χ1n) is 5.45. The number of anilines is 1. The average molecular weight is 259 g/mol. The van der Waals surface area contributed by atoms with E-state index in [1.54, 1.807) is 6.20 Å². The van der Waals surface area contributed by atoms with E-state index in [0.717, 1.165) is 23.4 Å². The highest BCUT2D eigenvalue weighted by molar-refractivity contribution is 7.98. The summed E-state index contributed by atoms with van der Waals surface area (Å²) in [4.78, 5) is 6.48. The Morgan fingerprint density at radius 2 is 2.31 bits per heavy atom. The van der Waals surface area contributed by atoms with Crippen LogP contribution in [0.15, 0.2) is 18.5 Å². The van der Waals surface area contributed by atoms with E-state index < -0.39 is 0 Å². The Balaban J connectivity index is 2.88. The lowest BCUT2D eigenvalue weighted by atomic mass is 10.1. The van der Waals surface area contributed by atoms with Crippen LogP contribution in [0.3, 0.4) is 0 Å². The van der Waals surface area contributed by atoms with Crippen molar-refractivity contribution in [3.05, 3.63) is 24.0 Å². The van der Waals surface area contributed by atoms with Crippen molar-refractivity contribution in [2.45, 2.75) is 25.3 Å². The Hall–Kier alpha value is -0.410. The van der Waals surface area contributed by atoms with Gasteiger partial charge in [-0.15, -0.1) is 11.6 Å². The van der Waals surface area contributed by atoms with E-state index in [-0.39, 0.29) is 0 Å². The molecule has 1 heterocycles. The molecule has 1 rings (SSSR count). The molecule has 2 nitrogen and oxygen atoms in total. The molecule has 0 spiro atoms. The summed E-state index contributed by atoms with van der Waals surface area (Å²) in [5.41, 5.74) is 2.30. The van der Waals surface area contributed by atoms with E-state index >= 15 is 0 Å². The number of thioether (sulfide) groups is 1. The van der Waals surface area contributed by atoms with Crippen molar-refractivity contribution < 1.29 is 0 Å². The normalized spacial score (nSPS) is 12.5. The second kappa shape index (κ2) is 7.02. The summed E-state index contributed by atoms with van der Waals surface area (Å²) in [6.07, 6.45) is 6.97. The molecule has 0 aliphatic carbocycles. The summed E-state index contributed by atoms with van der Waals surface area (Å²) in [5.74, 6) is 1.67. The van der Waals surface area contributed by atoms with Gasteiger partial charge in [-0.2, -0.15) is 11.8 Å². The monoisotopic (exact) mass is 258 g/mol. The molecule has 4 heteroatoms. The molecular weight excluding hydrogens is 240 g/mol. The van der Waals surface area contributed by atoms with E-state index in [4.69, 9.17) is 11.6 Å². The van der Waals surface area contributed by atoms with Crippen molar-refractivity contribution in [3.8, 4) is 0 Å². The van der Waals surface area contributed by atoms with Gasteiger partial charge in [-0.1, -0.05) is 6.92 Å². The number of hydrogen-bond donors (Lipinski definition) is 0. The third-order valence-corrected chi connectivity index (χ3v) is 3.80. The van der Waals surface area contributed by atoms with Gasteiger partial charge in [0.15, 0.2) is 0 Å². The summed E-state index contributed by atoms with van der Waals surface area (Å²) >= 11 is 7.82. The van der Waals surface area contributed by atoms with Crippen LogP contribution in [0.25, 0.3) is 0 Å². The van der Waals surface area contributed by atoms with Crippen LogP contribution < -0.4 is 4.90 Å². The molecule has 0 bridgehead atoms. The summed E-state index contributed by atoms with van der Waals surface area (Å²) in [5, 5.41) is 0. The molecule has 0 amide bonds. The molecule has 0 aliphatic heterocycles. The van der Waals surface area contributed by atoms with Crippen LogP contribution in [0.4, 0.5) is 5.69 Å². The number of rotatable bonds is 6. The van der Waals surface area contributed by atoms with Crippen molar-refractivity contribution >= 4 is 29.1 Å².